The fourth-order valence-electron chi connectivity index (χ4n) is 5.18. The van der Waals surface area contributed by atoms with Gasteiger partial charge in [-0.05, 0) is 80.0 Å². The summed E-state index contributed by atoms with van der Waals surface area (Å²) >= 11 is 3.35. The average Bonchev–Trinajstić information content (AvgIpc) is 2.86. The molecule has 4 rings (SSSR count). The first-order valence-electron chi connectivity index (χ1n) is 12.8. The first kappa shape index (κ1) is 29.3. The number of rotatable bonds is 5. The first-order chi connectivity index (χ1) is 18.2. The van der Waals surface area contributed by atoms with Gasteiger partial charge in [0.05, 0.1) is 20.8 Å². The normalized spacial score (nSPS) is 22.1. The van der Waals surface area contributed by atoms with Crippen molar-refractivity contribution in [1.82, 2.24) is 10.3 Å². The van der Waals surface area contributed by atoms with Crippen molar-refractivity contribution in [3.05, 3.63) is 81.1 Å². The van der Waals surface area contributed by atoms with E-state index in [-0.39, 0.29) is 22.9 Å². The van der Waals surface area contributed by atoms with Crippen LogP contribution in [0.1, 0.15) is 61.1 Å². The number of hydrogen-bond acceptors (Lipinski definition) is 4. The van der Waals surface area contributed by atoms with Gasteiger partial charge in [0.2, 0.25) is 0 Å². The third kappa shape index (κ3) is 6.90. The Labute approximate surface area is 235 Å². The lowest BCUT2D eigenvalue weighted by atomic mass is 9.81. The van der Waals surface area contributed by atoms with E-state index in [4.69, 9.17) is 4.78 Å². The van der Waals surface area contributed by atoms with Gasteiger partial charge < -0.3 is 5.32 Å². The van der Waals surface area contributed by atoms with E-state index in [1.807, 2.05) is 26.0 Å². The van der Waals surface area contributed by atoms with E-state index in [0.717, 1.165) is 48.6 Å². The number of carbonyl (C=O) groups is 1. The van der Waals surface area contributed by atoms with E-state index in [9.17, 15) is 22.2 Å². The molecule has 2 aromatic carbocycles. The number of pyridine rings is 1. The van der Waals surface area contributed by atoms with Crippen LogP contribution >= 0.6 is 15.9 Å². The second kappa shape index (κ2) is 11.4. The molecule has 5 nitrogen and oxygen atoms in total. The van der Waals surface area contributed by atoms with E-state index in [1.165, 1.54) is 12.3 Å². The van der Waals surface area contributed by atoms with Crippen molar-refractivity contribution < 1.29 is 22.2 Å². The lowest BCUT2D eigenvalue weighted by Crippen LogP contribution is -2.30. The molecule has 0 radical (unpaired) electrons. The smallest absolute Gasteiger partial charge is 0.325 e. The van der Waals surface area contributed by atoms with Crippen LogP contribution in [-0.2, 0) is 22.3 Å². The molecule has 0 fully saturated rings. The number of carbonyl (C=O) groups excluding carboxylic acids is 1. The summed E-state index contributed by atoms with van der Waals surface area (Å²) in [5.74, 6) is -0.455. The van der Waals surface area contributed by atoms with Crippen LogP contribution in [0.5, 0.6) is 0 Å². The summed E-state index contributed by atoms with van der Waals surface area (Å²) in [6, 6.07) is 12.7. The van der Waals surface area contributed by atoms with Crippen molar-refractivity contribution in [2.24, 2.45) is 11.8 Å². The minimum atomic E-state index is -4.69. The molecule has 3 unspecified atom stereocenters. The zero-order chi connectivity index (χ0) is 28.5. The predicted molar refractivity (Wildman–Crippen MR) is 151 cm³/mol. The summed E-state index contributed by atoms with van der Waals surface area (Å²) < 4.78 is 61.4. The number of fused-ring (bicyclic) bond motifs is 1. The van der Waals surface area contributed by atoms with E-state index in [2.05, 4.69) is 26.2 Å². The molecule has 3 atom stereocenters. The monoisotopic (exact) mass is 621 g/mol. The number of halogens is 4. The second-order valence-electron chi connectivity index (χ2n) is 10.3. The average molecular weight is 623 g/mol. The largest absolute Gasteiger partial charge is 0.433 e. The number of nitrogens with zero attached hydrogens (tertiary/aromatic N) is 1. The van der Waals surface area contributed by atoms with Crippen molar-refractivity contribution in [2.75, 3.05) is 6.26 Å². The molecule has 1 aromatic heterocycles. The van der Waals surface area contributed by atoms with Crippen LogP contribution in [0.4, 0.5) is 13.2 Å². The van der Waals surface area contributed by atoms with Crippen LogP contribution in [0.2, 0.25) is 0 Å². The first-order valence-corrected chi connectivity index (χ1v) is 15.5. The highest BCUT2D eigenvalue weighted by atomic mass is 79.9. The lowest BCUT2D eigenvalue weighted by Gasteiger charge is -2.29. The summed E-state index contributed by atoms with van der Waals surface area (Å²) in [6.07, 6.45) is 1.17. The Morgan fingerprint density at radius 1 is 1.13 bits per heavy atom. The van der Waals surface area contributed by atoms with Gasteiger partial charge in [-0.3, -0.25) is 4.79 Å². The Balaban J connectivity index is 1.70. The molecule has 2 N–H and O–H groups in total. The molecular weight excluding hydrogens is 591 g/mol. The predicted octanol–water partition coefficient (Wildman–Crippen LogP) is 8.12. The van der Waals surface area contributed by atoms with Gasteiger partial charge in [-0.25, -0.2) is 14.0 Å². The maximum Gasteiger partial charge on any atom is 0.433 e. The van der Waals surface area contributed by atoms with Gasteiger partial charge in [-0.15, -0.1) is 0 Å². The molecule has 1 aliphatic rings. The summed E-state index contributed by atoms with van der Waals surface area (Å²) in [6.45, 7) is 4.02. The van der Waals surface area contributed by atoms with Gasteiger partial charge in [0.1, 0.15) is 5.69 Å². The van der Waals surface area contributed by atoms with Gasteiger partial charge in [-0.2, -0.15) is 13.2 Å². The van der Waals surface area contributed by atoms with E-state index >= 15 is 0 Å². The highest BCUT2D eigenvalue weighted by molar-refractivity contribution is 9.10. The quantitative estimate of drug-likeness (QED) is 0.302. The SMILES string of the molecule is C/C1=C(\NC(=O)c2cc(C(F)(F)F)nc3ccc(Br)cc23)C(C)CCCCC1Cc1ccc(S(C)(=N)=O)cc1. The van der Waals surface area contributed by atoms with Crippen molar-refractivity contribution in [3.8, 4) is 0 Å². The highest BCUT2D eigenvalue weighted by Crippen LogP contribution is 2.35. The molecule has 0 saturated carbocycles. The minimum Gasteiger partial charge on any atom is -0.325 e. The summed E-state index contributed by atoms with van der Waals surface area (Å²) in [5, 5.41) is 3.34. The lowest BCUT2D eigenvalue weighted by molar-refractivity contribution is -0.140. The van der Waals surface area contributed by atoms with Crippen LogP contribution in [0, 0.1) is 16.6 Å². The number of amides is 1. The summed E-state index contributed by atoms with van der Waals surface area (Å²) in [5.41, 5.74) is 1.70. The molecule has 3 aromatic rings. The van der Waals surface area contributed by atoms with Gasteiger partial charge in [0.25, 0.3) is 5.91 Å². The number of hydrogen-bond donors (Lipinski definition) is 2. The van der Waals surface area contributed by atoms with E-state index in [1.54, 1.807) is 24.3 Å². The van der Waals surface area contributed by atoms with Crippen molar-refractivity contribution in [2.45, 2.75) is 57.0 Å². The molecule has 1 aliphatic carbocycles. The standard InChI is InChI=1S/C29H31BrF3N3O2S/c1-17-6-4-5-7-20(14-19-8-11-22(12-9-19)39(3,34)38)18(2)27(17)36-28(37)24-16-26(29(31,32)33)35-25-13-10-21(30)15-23(24)25/h8-13,15-17,20,34H,4-7,14H2,1-3H3,(H,36,37)/b27-18+. The number of allylic oxidation sites excluding steroid dienone is 2. The number of nitrogens with one attached hydrogen (secondary N) is 2. The zero-order valence-electron chi connectivity index (χ0n) is 22.0. The van der Waals surface area contributed by atoms with Crippen LogP contribution in [-0.4, -0.2) is 21.4 Å². The van der Waals surface area contributed by atoms with Crippen LogP contribution in [0.3, 0.4) is 0 Å². The summed E-state index contributed by atoms with van der Waals surface area (Å²) in [7, 11) is -2.80. The molecule has 1 heterocycles. The molecular formula is C29H31BrF3N3O2S. The Morgan fingerprint density at radius 3 is 2.44 bits per heavy atom. The molecule has 0 spiro atoms. The van der Waals surface area contributed by atoms with Crippen LogP contribution in [0.15, 0.2) is 69.2 Å². The van der Waals surface area contributed by atoms with Gasteiger partial charge in [-0.1, -0.05) is 53.4 Å². The second-order valence-corrected chi connectivity index (χ2v) is 13.4. The summed E-state index contributed by atoms with van der Waals surface area (Å²) in [4.78, 5) is 17.8. The van der Waals surface area contributed by atoms with Gasteiger partial charge in [0, 0.05) is 26.7 Å². The van der Waals surface area contributed by atoms with Crippen molar-refractivity contribution in [1.29, 1.82) is 4.78 Å². The molecule has 0 bridgehead atoms. The van der Waals surface area contributed by atoms with Crippen molar-refractivity contribution >= 4 is 42.5 Å². The molecule has 10 heteroatoms. The number of aromatic nitrogens is 1. The molecule has 0 aliphatic heterocycles. The van der Waals surface area contributed by atoms with E-state index in [0.29, 0.717) is 21.2 Å². The Morgan fingerprint density at radius 2 is 1.79 bits per heavy atom. The van der Waals surface area contributed by atoms with Gasteiger partial charge in [0.15, 0.2) is 0 Å². The molecule has 0 saturated heterocycles. The molecule has 39 heavy (non-hydrogen) atoms. The fraction of sp³-hybridized carbons (Fsp3) is 0.379. The van der Waals surface area contributed by atoms with E-state index < -0.39 is 27.5 Å². The third-order valence-corrected chi connectivity index (χ3v) is 9.04. The van der Waals surface area contributed by atoms with Crippen LogP contribution < -0.4 is 5.32 Å². The Hall–Kier alpha value is -2.72. The number of benzene rings is 2. The van der Waals surface area contributed by atoms with Gasteiger partial charge >= 0.3 is 6.18 Å². The Bertz CT molecular complexity index is 1530. The maximum atomic E-state index is 13.6. The third-order valence-electron chi connectivity index (χ3n) is 7.38. The molecule has 208 valence electrons. The zero-order valence-corrected chi connectivity index (χ0v) is 24.4. The Kier molecular flexibility index (Phi) is 8.56. The topological polar surface area (TPSA) is 82.9 Å². The molecule has 1 amide bonds. The number of alkyl halides is 3. The maximum absolute atomic E-state index is 13.6. The van der Waals surface area contributed by atoms with Crippen molar-refractivity contribution in [3.63, 3.8) is 0 Å². The van der Waals surface area contributed by atoms with Crippen LogP contribution in [0.25, 0.3) is 10.9 Å². The fourth-order valence-corrected chi connectivity index (χ4v) is 6.19. The highest BCUT2D eigenvalue weighted by Gasteiger charge is 2.34. The minimum absolute atomic E-state index is 0.0223.